The molecule has 0 spiro atoms. The van der Waals surface area contributed by atoms with Gasteiger partial charge in [-0.2, -0.15) is 5.26 Å². The average Bonchev–Trinajstić information content (AvgIpc) is 2.27. The third-order valence-electron chi connectivity index (χ3n) is 2.63. The Hall–Kier alpha value is -1.93. The van der Waals surface area contributed by atoms with Crippen molar-refractivity contribution in [2.45, 2.75) is 24.9 Å². The van der Waals surface area contributed by atoms with Crippen LogP contribution in [0.3, 0.4) is 0 Å². The molecule has 0 aliphatic heterocycles. The highest BCUT2D eigenvalue weighted by Crippen LogP contribution is 2.17. The summed E-state index contributed by atoms with van der Waals surface area (Å²) >= 11 is 0. The number of nitrogens with zero attached hydrogens (tertiary/aromatic N) is 2. The minimum Gasteiger partial charge on any atom is -0.348 e. The predicted molar refractivity (Wildman–Crippen MR) is 57.4 cm³/mol. The first kappa shape index (κ1) is 10.6. The fourth-order valence-corrected chi connectivity index (χ4v) is 1.63. The van der Waals surface area contributed by atoms with Gasteiger partial charge in [0.15, 0.2) is 0 Å². The van der Waals surface area contributed by atoms with Gasteiger partial charge in [0.05, 0.1) is 5.56 Å². The Morgan fingerprint density at radius 2 is 2.31 bits per heavy atom. The molecule has 16 heavy (non-hydrogen) atoms. The van der Waals surface area contributed by atoms with Crippen LogP contribution in [-0.2, 0) is 0 Å². The molecule has 3 N–H and O–H groups in total. The highest BCUT2D eigenvalue weighted by molar-refractivity contribution is 5.92. The summed E-state index contributed by atoms with van der Waals surface area (Å²) in [5.41, 5.74) is 6.40. The number of nitrogens with two attached hydrogens (primary N) is 1. The van der Waals surface area contributed by atoms with E-state index in [0.717, 1.165) is 12.8 Å². The number of carbonyl (C=O) groups is 1. The second-order valence-corrected chi connectivity index (χ2v) is 3.95. The van der Waals surface area contributed by atoms with Crippen molar-refractivity contribution in [2.75, 3.05) is 0 Å². The zero-order chi connectivity index (χ0) is 11.5. The molecule has 1 aromatic rings. The number of carbonyl (C=O) groups excluding carboxylic acids is 1. The van der Waals surface area contributed by atoms with Crippen LogP contribution in [0.15, 0.2) is 18.3 Å². The Kier molecular flexibility index (Phi) is 2.84. The van der Waals surface area contributed by atoms with E-state index in [1.165, 1.54) is 6.20 Å². The Labute approximate surface area is 93.3 Å². The van der Waals surface area contributed by atoms with Crippen LogP contribution < -0.4 is 11.1 Å². The maximum absolute atomic E-state index is 11.7. The molecule has 5 nitrogen and oxygen atoms in total. The Balaban J connectivity index is 1.96. The summed E-state index contributed by atoms with van der Waals surface area (Å²) in [7, 11) is 0. The lowest BCUT2D eigenvalue weighted by molar-refractivity contribution is 0.0905. The van der Waals surface area contributed by atoms with E-state index in [4.69, 9.17) is 11.0 Å². The van der Waals surface area contributed by atoms with Crippen molar-refractivity contribution in [3.63, 3.8) is 0 Å². The van der Waals surface area contributed by atoms with Crippen LogP contribution in [0.25, 0.3) is 0 Å². The first-order chi connectivity index (χ1) is 7.69. The number of nitrogens with one attached hydrogen (secondary N) is 1. The lowest BCUT2D eigenvalue weighted by Crippen LogP contribution is -2.50. The van der Waals surface area contributed by atoms with Crippen LogP contribution in [0.2, 0.25) is 0 Å². The molecule has 5 heteroatoms. The number of amides is 1. The summed E-state index contributed by atoms with van der Waals surface area (Å²) in [6, 6.07) is 5.45. The summed E-state index contributed by atoms with van der Waals surface area (Å²) in [5, 5.41) is 11.4. The largest absolute Gasteiger partial charge is 0.348 e. The van der Waals surface area contributed by atoms with Gasteiger partial charge in [-0.1, -0.05) is 0 Å². The van der Waals surface area contributed by atoms with Crippen molar-refractivity contribution in [3.8, 4) is 6.07 Å². The maximum atomic E-state index is 11.7. The SMILES string of the molecule is N#Cc1ccc(C(=O)NC2CC(N)C2)nc1. The van der Waals surface area contributed by atoms with Crippen molar-refractivity contribution in [2.24, 2.45) is 5.73 Å². The lowest BCUT2D eigenvalue weighted by Gasteiger charge is -2.32. The number of hydrogen-bond donors (Lipinski definition) is 2. The molecule has 1 amide bonds. The molecule has 2 rings (SSSR count). The van der Waals surface area contributed by atoms with Gasteiger partial charge in [-0.25, -0.2) is 4.98 Å². The standard InChI is InChI=1S/C11H12N4O/c12-5-7-1-2-10(14-6-7)11(16)15-9-3-8(13)4-9/h1-2,6,8-9H,3-4,13H2,(H,15,16). The van der Waals surface area contributed by atoms with Crippen molar-refractivity contribution in [1.82, 2.24) is 10.3 Å². The third-order valence-corrected chi connectivity index (χ3v) is 2.63. The minimum atomic E-state index is -0.207. The van der Waals surface area contributed by atoms with E-state index in [1.54, 1.807) is 12.1 Å². The fourth-order valence-electron chi connectivity index (χ4n) is 1.63. The van der Waals surface area contributed by atoms with Gasteiger partial charge in [0.2, 0.25) is 0 Å². The molecule has 0 bridgehead atoms. The summed E-state index contributed by atoms with van der Waals surface area (Å²) < 4.78 is 0. The Morgan fingerprint density at radius 3 is 2.81 bits per heavy atom. The zero-order valence-electron chi connectivity index (χ0n) is 8.68. The average molecular weight is 216 g/mol. The normalized spacial score (nSPS) is 23.0. The molecular formula is C11H12N4O. The van der Waals surface area contributed by atoms with Gasteiger partial charge in [-0.15, -0.1) is 0 Å². The van der Waals surface area contributed by atoms with Crippen LogP contribution in [0.5, 0.6) is 0 Å². The molecular weight excluding hydrogens is 204 g/mol. The number of hydrogen-bond acceptors (Lipinski definition) is 4. The van der Waals surface area contributed by atoms with E-state index in [-0.39, 0.29) is 18.0 Å². The van der Waals surface area contributed by atoms with Crippen LogP contribution in [-0.4, -0.2) is 23.0 Å². The van der Waals surface area contributed by atoms with Crippen LogP contribution in [0.4, 0.5) is 0 Å². The summed E-state index contributed by atoms with van der Waals surface area (Å²) in [4.78, 5) is 15.6. The van der Waals surface area contributed by atoms with Gasteiger partial charge < -0.3 is 11.1 Å². The molecule has 82 valence electrons. The van der Waals surface area contributed by atoms with Crippen LogP contribution >= 0.6 is 0 Å². The number of aromatic nitrogens is 1. The van der Waals surface area contributed by atoms with Gasteiger partial charge in [0, 0.05) is 18.3 Å². The fraction of sp³-hybridized carbons (Fsp3) is 0.364. The van der Waals surface area contributed by atoms with E-state index in [0.29, 0.717) is 11.3 Å². The molecule has 0 radical (unpaired) electrons. The molecule has 0 saturated heterocycles. The van der Waals surface area contributed by atoms with E-state index >= 15 is 0 Å². The number of pyridine rings is 1. The molecule has 1 aliphatic rings. The molecule has 0 atom stereocenters. The highest BCUT2D eigenvalue weighted by atomic mass is 16.1. The Morgan fingerprint density at radius 1 is 1.56 bits per heavy atom. The Bertz CT molecular complexity index is 428. The van der Waals surface area contributed by atoms with Gasteiger partial charge in [-0.3, -0.25) is 4.79 Å². The van der Waals surface area contributed by atoms with Gasteiger partial charge in [0.1, 0.15) is 11.8 Å². The zero-order valence-corrected chi connectivity index (χ0v) is 8.68. The number of rotatable bonds is 2. The third kappa shape index (κ3) is 2.18. The van der Waals surface area contributed by atoms with Crippen LogP contribution in [0.1, 0.15) is 28.9 Å². The number of nitriles is 1. The molecule has 0 unspecified atom stereocenters. The predicted octanol–water partition coefficient (Wildman–Crippen LogP) is 0.173. The second kappa shape index (κ2) is 4.29. The quantitative estimate of drug-likeness (QED) is 0.737. The van der Waals surface area contributed by atoms with Crippen molar-refractivity contribution in [1.29, 1.82) is 5.26 Å². The summed E-state index contributed by atoms with van der Waals surface area (Å²) in [5.74, 6) is -0.207. The van der Waals surface area contributed by atoms with Crippen molar-refractivity contribution < 1.29 is 4.79 Å². The lowest BCUT2D eigenvalue weighted by atomic mass is 9.87. The molecule has 1 aliphatic carbocycles. The van der Waals surface area contributed by atoms with Crippen molar-refractivity contribution in [3.05, 3.63) is 29.6 Å². The summed E-state index contributed by atoms with van der Waals surface area (Å²) in [6.07, 6.45) is 3.03. The van der Waals surface area contributed by atoms with Gasteiger partial charge in [-0.05, 0) is 25.0 Å². The van der Waals surface area contributed by atoms with E-state index in [9.17, 15) is 4.79 Å². The van der Waals surface area contributed by atoms with Gasteiger partial charge >= 0.3 is 0 Å². The minimum absolute atomic E-state index is 0.167. The molecule has 1 aromatic heterocycles. The molecule has 1 saturated carbocycles. The van der Waals surface area contributed by atoms with E-state index < -0.39 is 0 Å². The highest BCUT2D eigenvalue weighted by Gasteiger charge is 2.27. The van der Waals surface area contributed by atoms with Crippen LogP contribution in [0, 0.1) is 11.3 Å². The maximum Gasteiger partial charge on any atom is 0.270 e. The van der Waals surface area contributed by atoms with Gasteiger partial charge in [0.25, 0.3) is 5.91 Å². The second-order valence-electron chi connectivity index (χ2n) is 3.95. The van der Waals surface area contributed by atoms with E-state index in [2.05, 4.69) is 10.3 Å². The topological polar surface area (TPSA) is 91.8 Å². The first-order valence-electron chi connectivity index (χ1n) is 5.11. The van der Waals surface area contributed by atoms with E-state index in [1.807, 2.05) is 6.07 Å². The molecule has 1 heterocycles. The van der Waals surface area contributed by atoms with Crippen molar-refractivity contribution >= 4 is 5.91 Å². The smallest absolute Gasteiger partial charge is 0.270 e. The monoisotopic (exact) mass is 216 g/mol. The molecule has 1 fully saturated rings. The first-order valence-corrected chi connectivity index (χ1v) is 5.11. The molecule has 0 aromatic carbocycles. The summed E-state index contributed by atoms with van der Waals surface area (Å²) in [6.45, 7) is 0.